The quantitative estimate of drug-likeness (QED) is 0.566. The summed E-state index contributed by atoms with van der Waals surface area (Å²) in [7, 11) is 0. The summed E-state index contributed by atoms with van der Waals surface area (Å²) >= 11 is 0. The first-order chi connectivity index (χ1) is 6.35. The molecule has 0 saturated heterocycles. The van der Waals surface area contributed by atoms with E-state index in [9.17, 15) is 0 Å². The van der Waals surface area contributed by atoms with Crippen LogP contribution in [0.4, 0.5) is 0 Å². The molecule has 13 heavy (non-hydrogen) atoms. The summed E-state index contributed by atoms with van der Waals surface area (Å²) in [6.07, 6.45) is 12.2. The lowest BCUT2D eigenvalue weighted by atomic mass is 10.0. The molecule has 1 heteroatoms. The minimum Gasteiger partial charge on any atom is -0.405 e. The lowest BCUT2D eigenvalue weighted by Gasteiger charge is -2.05. The maximum Gasteiger partial charge on any atom is -0.00705 e. The summed E-state index contributed by atoms with van der Waals surface area (Å²) < 4.78 is 0. The summed E-state index contributed by atoms with van der Waals surface area (Å²) in [6, 6.07) is 0. The van der Waals surface area contributed by atoms with Gasteiger partial charge in [0.05, 0.1) is 0 Å². The molecular weight excluding hydrogens is 158 g/mol. The Morgan fingerprint density at radius 1 is 0.923 bits per heavy atom. The Hall–Kier alpha value is -0.460. The zero-order chi connectivity index (χ0) is 9.94. The lowest BCUT2D eigenvalue weighted by molar-refractivity contribution is 0.658. The Morgan fingerprint density at radius 2 is 1.38 bits per heavy atom. The van der Waals surface area contributed by atoms with Crippen molar-refractivity contribution in [1.82, 2.24) is 0 Å². The predicted molar refractivity (Wildman–Crippen MR) is 60.6 cm³/mol. The normalized spacial score (nSPS) is 10.0. The zero-order valence-corrected chi connectivity index (χ0v) is 9.31. The van der Waals surface area contributed by atoms with Crippen LogP contribution < -0.4 is 5.73 Å². The van der Waals surface area contributed by atoms with E-state index in [0.717, 1.165) is 0 Å². The van der Waals surface area contributed by atoms with Gasteiger partial charge in [0, 0.05) is 0 Å². The number of nitrogens with two attached hydrogens (primary N) is 1. The van der Waals surface area contributed by atoms with E-state index in [1.807, 2.05) is 6.20 Å². The molecule has 1 nitrogen and oxygen atoms in total. The molecule has 0 radical (unpaired) electrons. The minimum absolute atomic E-state index is 1.22. The third kappa shape index (κ3) is 7.89. The third-order valence-electron chi connectivity index (χ3n) is 2.44. The van der Waals surface area contributed by atoms with E-state index in [2.05, 4.69) is 13.8 Å². The van der Waals surface area contributed by atoms with Crippen molar-refractivity contribution in [2.75, 3.05) is 0 Å². The summed E-state index contributed by atoms with van der Waals surface area (Å²) in [6.45, 7) is 4.48. The summed E-state index contributed by atoms with van der Waals surface area (Å²) in [5.74, 6) is 0. The molecule has 0 atom stereocenters. The molecule has 0 rings (SSSR count). The summed E-state index contributed by atoms with van der Waals surface area (Å²) in [5, 5.41) is 0. The Morgan fingerprint density at radius 3 is 1.69 bits per heavy atom. The molecule has 0 spiro atoms. The molecule has 78 valence electrons. The topological polar surface area (TPSA) is 26.0 Å². The van der Waals surface area contributed by atoms with Crippen molar-refractivity contribution >= 4 is 0 Å². The Bertz CT molecular complexity index is 115. The van der Waals surface area contributed by atoms with Gasteiger partial charge in [-0.3, -0.25) is 0 Å². The van der Waals surface area contributed by atoms with Crippen LogP contribution in [0.1, 0.15) is 65.2 Å². The van der Waals surface area contributed by atoms with Crippen molar-refractivity contribution < 1.29 is 0 Å². The lowest BCUT2D eigenvalue weighted by Crippen LogP contribution is -1.91. The first-order valence-electron chi connectivity index (χ1n) is 5.74. The number of unbranched alkanes of at least 4 members (excludes halogenated alkanes) is 4. The highest BCUT2D eigenvalue weighted by atomic mass is 14.5. The van der Waals surface area contributed by atoms with Crippen molar-refractivity contribution in [1.29, 1.82) is 0 Å². The molecule has 0 fully saturated rings. The average Bonchev–Trinajstić information content (AvgIpc) is 2.16. The molecule has 0 aliphatic heterocycles. The van der Waals surface area contributed by atoms with Gasteiger partial charge in [0.15, 0.2) is 0 Å². The van der Waals surface area contributed by atoms with Crippen molar-refractivity contribution in [2.24, 2.45) is 5.73 Å². The third-order valence-corrected chi connectivity index (χ3v) is 2.44. The van der Waals surface area contributed by atoms with Gasteiger partial charge in [-0.15, -0.1) is 0 Å². The van der Waals surface area contributed by atoms with E-state index >= 15 is 0 Å². The smallest absolute Gasteiger partial charge is 0.00705 e. The van der Waals surface area contributed by atoms with E-state index in [-0.39, 0.29) is 0 Å². The molecule has 0 aromatic carbocycles. The van der Waals surface area contributed by atoms with Gasteiger partial charge >= 0.3 is 0 Å². The maximum atomic E-state index is 5.58. The Labute approximate surface area is 83.4 Å². The molecule has 0 unspecified atom stereocenters. The largest absolute Gasteiger partial charge is 0.405 e. The van der Waals surface area contributed by atoms with Crippen LogP contribution in [-0.2, 0) is 0 Å². The molecule has 0 amide bonds. The number of rotatable bonds is 8. The summed E-state index contributed by atoms with van der Waals surface area (Å²) in [4.78, 5) is 0. The van der Waals surface area contributed by atoms with Crippen LogP contribution in [-0.4, -0.2) is 0 Å². The monoisotopic (exact) mass is 183 g/mol. The maximum absolute atomic E-state index is 5.58. The van der Waals surface area contributed by atoms with E-state index in [4.69, 9.17) is 5.73 Å². The standard InChI is InChI=1S/C12H25N/c1-3-5-7-9-12(11-13)10-8-6-4-2/h11H,3-10,13H2,1-2H3. The van der Waals surface area contributed by atoms with Gasteiger partial charge in [0.25, 0.3) is 0 Å². The van der Waals surface area contributed by atoms with Crippen LogP contribution in [0.2, 0.25) is 0 Å². The molecule has 0 heterocycles. The van der Waals surface area contributed by atoms with E-state index in [0.29, 0.717) is 0 Å². The van der Waals surface area contributed by atoms with Gasteiger partial charge in [0.2, 0.25) is 0 Å². The molecule has 0 aromatic heterocycles. The molecule has 0 bridgehead atoms. The van der Waals surface area contributed by atoms with Gasteiger partial charge in [-0.1, -0.05) is 45.1 Å². The van der Waals surface area contributed by atoms with Crippen LogP contribution >= 0.6 is 0 Å². The van der Waals surface area contributed by atoms with Crippen molar-refractivity contribution in [3.8, 4) is 0 Å². The first-order valence-corrected chi connectivity index (χ1v) is 5.74. The van der Waals surface area contributed by atoms with Crippen LogP contribution in [0.15, 0.2) is 11.8 Å². The first kappa shape index (κ1) is 12.5. The van der Waals surface area contributed by atoms with Gasteiger partial charge in [-0.05, 0) is 31.9 Å². The van der Waals surface area contributed by atoms with Gasteiger partial charge in [0.1, 0.15) is 0 Å². The number of allylic oxidation sites excluding steroid dienone is 1. The molecule has 0 saturated carbocycles. The van der Waals surface area contributed by atoms with Crippen LogP contribution in [0, 0.1) is 0 Å². The van der Waals surface area contributed by atoms with E-state index < -0.39 is 0 Å². The highest BCUT2D eigenvalue weighted by molar-refractivity contribution is 4.99. The second-order valence-corrected chi connectivity index (χ2v) is 3.74. The van der Waals surface area contributed by atoms with E-state index in [1.165, 1.54) is 56.9 Å². The van der Waals surface area contributed by atoms with Crippen LogP contribution in [0.3, 0.4) is 0 Å². The van der Waals surface area contributed by atoms with Crippen LogP contribution in [0.25, 0.3) is 0 Å². The molecule has 0 aromatic rings. The fourth-order valence-electron chi connectivity index (χ4n) is 1.50. The van der Waals surface area contributed by atoms with Crippen molar-refractivity contribution in [3.05, 3.63) is 11.8 Å². The second kappa shape index (κ2) is 9.63. The fraction of sp³-hybridized carbons (Fsp3) is 0.833. The average molecular weight is 183 g/mol. The molecular formula is C12H25N. The fourth-order valence-corrected chi connectivity index (χ4v) is 1.50. The summed E-state index contributed by atoms with van der Waals surface area (Å²) in [5.41, 5.74) is 7.04. The van der Waals surface area contributed by atoms with Crippen molar-refractivity contribution in [3.63, 3.8) is 0 Å². The van der Waals surface area contributed by atoms with Crippen LogP contribution in [0.5, 0.6) is 0 Å². The van der Waals surface area contributed by atoms with E-state index in [1.54, 1.807) is 0 Å². The zero-order valence-electron chi connectivity index (χ0n) is 9.31. The van der Waals surface area contributed by atoms with Crippen molar-refractivity contribution in [2.45, 2.75) is 65.2 Å². The highest BCUT2D eigenvalue weighted by Crippen LogP contribution is 2.15. The second-order valence-electron chi connectivity index (χ2n) is 3.74. The molecule has 0 aliphatic rings. The molecule has 2 N–H and O–H groups in total. The minimum atomic E-state index is 1.22. The van der Waals surface area contributed by atoms with Gasteiger partial charge in [-0.25, -0.2) is 0 Å². The van der Waals surface area contributed by atoms with Gasteiger partial charge < -0.3 is 5.73 Å². The number of hydrogen-bond donors (Lipinski definition) is 1. The number of hydrogen-bond acceptors (Lipinski definition) is 1. The molecule has 0 aliphatic carbocycles. The predicted octanol–water partition coefficient (Wildman–Crippen LogP) is 3.99. The Kier molecular flexibility index (Phi) is 9.29. The Balaban J connectivity index is 3.41. The highest BCUT2D eigenvalue weighted by Gasteiger charge is 1.96. The SMILES string of the molecule is CCCCCC(=CN)CCCCC. The van der Waals surface area contributed by atoms with Gasteiger partial charge in [-0.2, -0.15) is 0 Å².